The van der Waals surface area contributed by atoms with E-state index in [1.165, 1.54) is 0 Å². The zero-order valence-corrected chi connectivity index (χ0v) is 11.3. The molecule has 0 bridgehead atoms. The third-order valence-corrected chi connectivity index (χ3v) is 3.84. The standard InChI is InChI=1S/C15H18N4/c1-11-7-15(5-6-19(11)2)18-14-4-3-12(9-16)13(8-14)10-17/h3-4,8,11,15,18H,5-7H2,1-2H3. The molecule has 0 saturated carbocycles. The van der Waals surface area contributed by atoms with Crippen LogP contribution >= 0.6 is 0 Å². The molecule has 1 fully saturated rings. The number of benzene rings is 1. The van der Waals surface area contributed by atoms with E-state index in [0.29, 0.717) is 23.2 Å². The van der Waals surface area contributed by atoms with E-state index in [4.69, 9.17) is 10.5 Å². The van der Waals surface area contributed by atoms with Gasteiger partial charge in [0.15, 0.2) is 0 Å². The van der Waals surface area contributed by atoms with E-state index < -0.39 is 0 Å². The number of piperidine rings is 1. The molecule has 19 heavy (non-hydrogen) atoms. The average molecular weight is 254 g/mol. The third-order valence-electron chi connectivity index (χ3n) is 3.84. The van der Waals surface area contributed by atoms with Crippen molar-refractivity contribution in [2.24, 2.45) is 0 Å². The predicted octanol–water partition coefficient (Wildman–Crippen LogP) is 2.32. The van der Waals surface area contributed by atoms with E-state index in [-0.39, 0.29) is 0 Å². The lowest BCUT2D eigenvalue weighted by molar-refractivity contribution is 0.190. The minimum absolute atomic E-state index is 0.435. The predicted molar refractivity (Wildman–Crippen MR) is 74.6 cm³/mol. The van der Waals surface area contributed by atoms with Gasteiger partial charge in [-0.15, -0.1) is 0 Å². The summed E-state index contributed by atoms with van der Waals surface area (Å²) in [5, 5.41) is 21.4. The van der Waals surface area contributed by atoms with Gasteiger partial charge in [-0.3, -0.25) is 0 Å². The van der Waals surface area contributed by atoms with Crippen molar-refractivity contribution < 1.29 is 0 Å². The first-order valence-electron chi connectivity index (χ1n) is 6.55. The summed E-state index contributed by atoms with van der Waals surface area (Å²) in [6.07, 6.45) is 2.20. The molecule has 0 amide bonds. The van der Waals surface area contributed by atoms with Gasteiger partial charge in [0.25, 0.3) is 0 Å². The van der Waals surface area contributed by atoms with Gasteiger partial charge in [0.1, 0.15) is 12.1 Å². The number of nitrogens with zero attached hydrogens (tertiary/aromatic N) is 3. The lowest BCUT2D eigenvalue weighted by Crippen LogP contribution is -2.42. The maximum absolute atomic E-state index is 9.02. The Labute approximate surface area is 114 Å². The Bertz CT molecular complexity index is 538. The van der Waals surface area contributed by atoms with E-state index >= 15 is 0 Å². The molecule has 1 N–H and O–H groups in total. The second kappa shape index (κ2) is 5.73. The molecule has 1 heterocycles. The number of hydrogen-bond acceptors (Lipinski definition) is 4. The lowest BCUT2D eigenvalue weighted by atomic mass is 9.98. The first-order chi connectivity index (χ1) is 9.13. The molecule has 0 spiro atoms. The van der Waals surface area contributed by atoms with Gasteiger partial charge in [-0.05, 0) is 45.0 Å². The Balaban J connectivity index is 2.08. The Kier molecular flexibility index (Phi) is 4.04. The van der Waals surface area contributed by atoms with Crippen LogP contribution in [-0.2, 0) is 0 Å². The lowest BCUT2D eigenvalue weighted by Gasteiger charge is -2.35. The van der Waals surface area contributed by atoms with Gasteiger partial charge in [-0.2, -0.15) is 10.5 Å². The minimum atomic E-state index is 0.435. The monoisotopic (exact) mass is 254 g/mol. The third kappa shape index (κ3) is 3.05. The highest BCUT2D eigenvalue weighted by Gasteiger charge is 2.22. The smallest absolute Gasteiger partial charge is 0.101 e. The molecule has 0 aliphatic carbocycles. The Hall–Kier alpha value is -2.04. The van der Waals surface area contributed by atoms with Crippen molar-refractivity contribution in [2.75, 3.05) is 18.9 Å². The van der Waals surface area contributed by atoms with Crippen LogP contribution in [0.4, 0.5) is 5.69 Å². The summed E-state index contributed by atoms with van der Waals surface area (Å²) in [6.45, 7) is 3.31. The molecule has 1 aliphatic rings. The average Bonchev–Trinajstić information content (AvgIpc) is 2.43. The number of hydrogen-bond donors (Lipinski definition) is 1. The number of rotatable bonds is 2. The maximum Gasteiger partial charge on any atom is 0.101 e. The molecule has 98 valence electrons. The first-order valence-corrected chi connectivity index (χ1v) is 6.55. The van der Waals surface area contributed by atoms with Crippen molar-refractivity contribution >= 4 is 5.69 Å². The maximum atomic E-state index is 9.02. The highest BCUT2D eigenvalue weighted by molar-refractivity contribution is 5.56. The highest BCUT2D eigenvalue weighted by atomic mass is 15.1. The Morgan fingerprint density at radius 2 is 2.00 bits per heavy atom. The molecule has 1 aliphatic heterocycles. The van der Waals surface area contributed by atoms with Gasteiger partial charge in [0, 0.05) is 24.3 Å². The van der Waals surface area contributed by atoms with E-state index in [1.807, 2.05) is 12.1 Å². The molecule has 4 nitrogen and oxygen atoms in total. The molecule has 0 aromatic heterocycles. The van der Waals surface area contributed by atoms with Crippen LogP contribution in [0.2, 0.25) is 0 Å². The van der Waals surface area contributed by atoms with E-state index in [0.717, 1.165) is 25.1 Å². The van der Waals surface area contributed by atoms with Crippen molar-refractivity contribution in [3.63, 3.8) is 0 Å². The summed E-state index contributed by atoms with van der Waals surface area (Å²) in [5.41, 5.74) is 1.80. The summed E-state index contributed by atoms with van der Waals surface area (Å²) >= 11 is 0. The van der Waals surface area contributed by atoms with Crippen molar-refractivity contribution in [2.45, 2.75) is 31.8 Å². The second-order valence-corrected chi connectivity index (χ2v) is 5.18. The van der Waals surface area contributed by atoms with Crippen LogP contribution in [0.5, 0.6) is 0 Å². The fourth-order valence-corrected chi connectivity index (χ4v) is 2.48. The molecule has 1 saturated heterocycles. The van der Waals surface area contributed by atoms with Crippen molar-refractivity contribution in [1.82, 2.24) is 4.90 Å². The van der Waals surface area contributed by atoms with Crippen LogP contribution in [-0.4, -0.2) is 30.6 Å². The second-order valence-electron chi connectivity index (χ2n) is 5.18. The minimum Gasteiger partial charge on any atom is -0.382 e. The zero-order chi connectivity index (χ0) is 13.8. The number of nitriles is 2. The molecule has 4 heteroatoms. The molecule has 1 aromatic rings. The summed E-state index contributed by atoms with van der Waals surface area (Å²) < 4.78 is 0. The van der Waals surface area contributed by atoms with E-state index in [9.17, 15) is 0 Å². The van der Waals surface area contributed by atoms with Gasteiger partial charge in [0.05, 0.1) is 11.1 Å². The van der Waals surface area contributed by atoms with E-state index in [2.05, 4.69) is 30.3 Å². The number of anilines is 1. The summed E-state index contributed by atoms with van der Waals surface area (Å²) in [4.78, 5) is 2.36. The largest absolute Gasteiger partial charge is 0.382 e. The Morgan fingerprint density at radius 3 is 2.63 bits per heavy atom. The molecule has 2 atom stereocenters. The summed E-state index contributed by atoms with van der Waals surface area (Å²) in [6, 6.07) is 10.5. The van der Waals surface area contributed by atoms with Crippen LogP contribution < -0.4 is 5.32 Å². The fourth-order valence-electron chi connectivity index (χ4n) is 2.48. The van der Waals surface area contributed by atoms with Gasteiger partial charge in [-0.1, -0.05) is 0 Å². The van der Waals surface area contributed by atoms with E-state index in [1.54, 1.807) is 12.1 Å². The zero-order valence-electron chi connectivity index (χ0n) is 11.3. The van der Waals surface area contributed by atoms with Gasteiger partial charge in [-0.25, -0.2) is 0 Å². The molecule has 1 aromatic carbocycles. The molecule has 2 rings (SSSR count). The van der Waals surface area contributed by atoms with Crippen molar-refractivity contribution in [3.05, 3.63) is 29.3 Å². The van der Waals surface area contributed by atoms with Crippen LogP contribution in [0.3, 0.4) is 0 Å². The quantitative estimate of drug-likeness (QED) is 0.879. The Morgan fingerprint density at radius 1 is 1.26 bits per heavy atom. The normalized spacial score (nSPS) is 23.4. The first kappa shape index (κ1) is 13.4. The van der Waals surface area contributed by atoms with Gasteiger partial charge >= 0.3 is 0 Å². The SMILES string of the molecule is CC1CC(Nc2ccc(C#N)c(C#N)c2)CCN1C. The number of likely N-dealkylation sites (tertiary alicyclic amines) is 1. The summed E-state index contributed by atoms with van der Waals surface area (Å²) in [5.74, 6) is 0. The number of nitrogens with one attached hydrogen (secondary N) is 1. The topological polar surface area (TPSA) is 62.9 Å². The summed E-state index contributed by atoms with van der Waals surface area (Å²) in [7, 11) is 2.15. The fraction of sp³-hybridized carbons (Fsp3) is 0.467. The van der Waals surface area contributed by atoms with Crippen LogP contribution in [0.1, 0.15) is 30.9 Å². The molecule has 2 unspecified atom stereocenters. The van der Waals surface area contributed by atoms with Gasteiger partial charge < -0.3 is 10.2 Å². The molecule has 0 radical (unpaired) electrons. The van der Waals surface area contributed by atoms with Crippen LogP contribution in [0, 0.1) is 22.7 Å². The van der Waals surface area contributed by atoms with Crippen molar-refractivity contribution in [1.29, 1.82) is 10.5 Å². The van der Waals surface area contributed by atoms with Crippen molar-refractivity contribution in [3.8, 4) is 12.1 Å². The van der Waals surface area contributed by atoms with Crippen LogP contribution in [0.15, 0.2) is 18.2 Å². The van der Waals surface area contributed by atoms with Gasteiger partial charge in [0.2, 0.25) is 0 Å². The van der Waals surface area contributed by atoms with Crippen LogP contribution in [0.25, 0.3) is 0 Å². The molecular formula is C15H18N4. The molecular weight excluding hydrogens is 236 g/mol. The highest BCUT2D eigenvalue weighted by Crippen LogP contribution is 2.21.